The first-order chi connectivity index (χ1) is 7.14. The molecule has 0 N–H and O–H groups in total. The van der Waals surface area contributed by atoms with E-state index in [1.165, 1.54) is 0 Å². The molecule has 1 aliphatic rings. The molecule has 0 aliphatic carbocycles. The number of carbonyl (C=O) groups is 1. The average molecular weight is 320 g/mol. The van der Waals surface area contributed by atoms with Gasteiger partial charge in [0.1, 0.15) is 11.5 Å². The van der Waals surface area contributed by atoms with Gasteiger partial charge in [-0.1, -0.05) is 22.6 Å². The van der Waals surface area contributed by atoms with E-state index in [1.54, 1.807) is 0 Å². The maximum Gasteiger partial charge on any atom is 0.306 e. The van der Waals surface area contributed by atoms with Gasteiger partial charge in [-0.05, 0) is 25.5 Å². The molecule has 1 atom stereocenters. The SMILES string of the molecule is CC1(OC(=O)CCCI)Cc2ccc1o2. The number of halogens is 1. The Bertz CT molecular complexity index is 372. The van der Waals surface area contributed by atoms with Gasteiger partial charge in [-0.15, -0.1) is 0 Å². The van der Waals surface area contributed by atoms with E-state index in [9.17, 15) is 4.79 Å². The van der Waals surface area contributed by atoms with Gasteiger partial charge in [0.15, 0.2) is 5.60 Å². The van der Waals surface area contributed by atoms with Crippen LogP contribution in [0.5, 0.6) is 0 Å². The van der Waals surface area contributed by atoms with Gasteiger partial charge in [-0.2, -0.15) is 0 Å². The molecule has 4 heteroatoms. The van der Waals surface area contributed by atoms with Crippen LogP contribution in [0, 0.1) is 0 Å². The number of ether oxygens (including phenoxy) is 1. The Balaban J connectivity index is 1.95. The van der Waals surface area contributed by atoms with Crippen LogP contribution >= 0.6 is 22.6 Å². The molecule has 2 heterocycles. The second-order valence-corrected chi connectivity index (χ2v) is 5.02. The fraction of sp³-hybridized carbons (Fsp3) is 0.545. The quantitative estimate of drug-likeness (QED) is 0.486. The summed E-state index contributed by atoms with van der Waals surface area (Å²) in [5, 5.41) is 0. The van der Waals surface area contributed by atoms with E-state index >= 15 is 0 Å². The van der Waals surface area contributed by atoms with Gasteiger partial charge >= 0.3 is 5.97 Å². The molecule has 1 unspecified atom stereocenters. The van der Waals surface area contributed by atoms with Crippen molar-refractivity contribution in [3.8, 4) is 0 Å². The number of hydrogen-bond acceptors (Lipinski definition) is 3. The van der Waals surface area contributed by atoms with E-state index in [0.29, 0.717) is 12.8 Å². The Hall–Kier alpha value is -0.520. The minimum atomic E-state index is -0.549. The third-order valence-electron chi connectivity index (χ3n) is 2.55. The minimum absolute atomic E-state index is 0.133. The third kappa shape index (κ3) is 2.19. The molecule has 1 aliphatic heterocycles. The molecule has 0 spiro atoms. The third-order valence-corrected chi connectivity index (χ3v) is 3.31. The zero-order valence-electron chi connectivity index (χ0n) is 8.59. The lowest BCUT2D eigenvalue weighted by Crippen LogP contribution is -2.29. The molecule has 1 aromatic rings. The van der Waals surface area contributed by atoms with Gasteiger partial charge in [0.25, 0.3) is 0 Å². The largest absolute Gasteiger partial charge is 0.462 e. The second kappa shape index (κ2) is 4.15. The van der Waals surface area contributed by atoms with Crippen molar-refractivity contribution in [2.24, 2.45) is 0 Å². The van der Waals surface area contributed by atoms with Gasteiger partial charge in [-0.25, -0.2) is 0 Å². The van der Waals surface area contributed by atoms with Crippen LogP contribution in [0.3, 0.4) is 0 Å². The van der Waals surface area contributed by atoms with Crippen LogP contribution in [0.25, 0.3) is 0 Å². The lowest BCUT2D eigenvalue weighted by molar-refractivity contribution is -0.159. The predicted octanol–water partition coefficient (Wildman–Crippen LogP) is 2.81. The molecule has 0 fully saturated rings. The molecule has 2 bridgehead atoms. The predicted molar refractivity (Wildman–Crippen MR) is 64.0 cm³/mol. The zero-order chi connectivity index (χ0) is 10.9. The number of alkyl halides is 1. The van der Waals surface area contributed by atoms with Gasteiger partial charge in [0, 0.05) is 10.8 Å². The Morgan fingerprint density at radius 2 is 2.47 bits per heavy atom. The molecule has 0 radical (unpaired) electrons. The maximum atomic E-state index is 11.5. The highest BCUT2D eigenvalue weighted by atomic mass is 127. The van der Waals surface area contributed by atoms with Crippen LogP contribution < -0.4 is 0 Å². The number of rotatable bonds is 4. The molecule has 3 nitrogen and oxygen atoms in total. The fourth-order valence-electron chi connectivity index (χ4n) is 1.78. The fourth-order valence-corrected chi connectivity index (χ4v) is 2.16. The van der Waals surface area contributed by atoms with Gasteiger partial charge in [-0.3, -0.25) is 4.79 Å². The monoisotopic (exact) mass is 320 g/mol. The van der Waals surface area contributed by atoms with Crippen molar-refractivity contribution in [1.29, 1.82) is 0 Å². The highest BCUT2D eigenvalue weighted by Crippen LogP contribution is 2.38. The molecular formula is C11H13IO3. The van der Waals surface area contributed by atoms with E-state index in [4.69, 9.17) is 9.15 Å². The van der Waals surface area contributed by atoms with Crippen molar-refractivity contribution < 1.29 is 13.9 Å². The summed E-state index contributed by atoms with van der Waals surface area (Å²) in [6, 6.07) is 3.81. The molecule has 0 aromatic carbocycles. The van der Waals surface area contributed by atoms with Crippen molar-refractivity contribution in [1.82, 2.24) is 0 Å². The molecular weight excluding hydrogens is 307 g/mol. The summed E-state index contributed by atoms with van der Waals surface area (Å²) < 4.78 is 11.9. The molecule has 2 rings (SSSR count). The van der Waals surface area contributed by atoms with Crippen LogP contribution in [0.15, 0.2) is 16.5 Å². The Kier molecular flexibility index (Phi) is 3.04. The standard InChI is InChI=1S/C11H13IO3/c1-11(15-10(13)3-2-6-12)7-8-4-5-9(11)14-8/h4-5H,2-3,6-7H2,1H3. The topological polar surface area (TPSA) is 39.4 Å². The number of furan rings is 1. The van der Waals surface area contributed by atoms with Crippen LogP contribution in [-0.2, 0) is 21.6 Å². The lowest BCUT2D eigenvalue weighted by Gasteiger charge is -2.23. The summed E-state index contributed by atoms with van der Waals surface area (Å²) in [4.78, 5) is 11.5. The summed E-state index contributed by atoms with van der Waals surface area (Å²) in [6.07, 6.45) is 2.04. The van der Waals surface area contributed by atoms with Crippen molar-refractivity contribution in [2.45, 2.75) is 31.8 Å². The van der Waals surface area contributed by atoms with Crippen LogP contribution in [0.1, 0.15) is 31.3 Å². The molecule has 0 saturated heterocycles. The number of hydrogen-bond donors (Lipinski definition) is 0. The van der Waals surface area contributed by atoms with E-state index in [-0.39, 0.29) is 5.97 Å². The van der Waals surface area contributed by atoms with Gasteiger partial charge in [0.2, 0.25) is 0 Å². The summed E-state index contributed by atoms with van der Waals surface area (Å²) in [6.45, 7) is 1.90. The van der Waals surface area contributed by atoms with Crippen molar-refractivity contribution in [3.05, 3.63) is 23.7 Å². The minimum Gasteiger partial charge on any atom is -0.462 e. The first kappa shape index (κ1) is 11.0. The molecule has 1 aromatic heterocycles. The average Bonchev–Trinajstić information content (AvgIpc) is 2.73. The highest BCUT2D eigenvalue weighted by Gasteiger charge is 2.40. The number of esters is 1. The van der Waals surface area contributed by atoms with E-state index in [0.717, 1.165) is 22.4 Å². The van der Waals surface area contributed by atoms with E-state index in [2.05, 4.69) is 22.6 Å². The van der Waals surface area contributed by atoms with Crippen LogP contribution in [0.4, 0.5) is 0 Å². The van der Waals surface area contributed by atoms with Crippen molar-refractivity contribution >= 4 is 28.6 Å². The Morgan fingerprint density at radius 3 is 3.00 bits per heavy atom. The lowest BCUT2D eigenvalue weighted by atomic mass is 9.96. The molecule has 0 amide bonds. The molecule has 0 saturated carbocycles. The Labute approximate surface area is 102 Å². The zero-order valence-corrected chi connectivity index (χ0v) is 10.7. The maximum absolute atomic E-state index is 11.5. The van der Waals surface area contributed by atoms with E-state index < -0.39 is 5.60 Å². The molecule has 82 valence electrons. The van der Waals surface area contributed by atoms with Gasteiger partial charge < -0.3 is 9.15 Å². The van der Waals surface area contributed by atoms with Crippen LogP contribution in [0.2, 0.25) is 0 Å². The van der Waals surface area contributed by atoms with E-state index in [1.807, 2.05) is 19.1 Å². The summed E-state index contributed by atoms with van der Waals surface area (Å²) in [5.41, 5.74) is -0.549. The summed E-state index contributed by atoms with van der Waals surface area (Å²) in [7, 11) is 0. The highest BCUT2D eigenvalue weighted by molar-refractivity contribution is 14.1. The van der Waals surface area contributed by atoms with Crippen molar-refractivity contribution in [2.75, 3.05) is 4.43 Å². The summed E-state index contributed by atoms with van der Waals surface area (Å²) in [5.74, 6) is 1.53. The van der Waals surface area contributed by atoms with Gasteiger partial charge in [0.05, 0.1) is 6.42 Å². The number of carbonyl (C=O) groups excluding carboxylic acids is 1. The second-order valence-electron chi connectivity index (χ2n) is 3.94. The normalized spacial score (nSPS) is 23.1. The smallest absolute Gasteiger partial charge is 0.306 e. The first-order valence-electron chi connectivity index (χ1n) is 5.01. The molecule has 15 heavy (non-hydrogen) atoms. The Morgan fingerprint density at radius 1 is 1.67 bits per heavy atom. The number of fused-ring (bicyclic) bond motifs is 2. The summed E-state index contributed by atoms with van der Waals surface area (Å²) >= 11 is 2.25. The van der Waals surface area contributed by atoms with Crippen molar-refractivity contribution in [3.63, 3.8) is 0 Å². The first-order valence-corrected chi connectivity index (χ1v) is 6.53. The van der Waals surface area contributed by atoms with Crippen LogP contribution in [-0.4, -0.2) is 10.4 Å².